The molecule has 3 rings (SSSR count). The van der Waals surface area contributed by atoms with Crippen LogP contribution in [0.2, 0.25) is 0 Å². The van der Waals surface area contributed by atoms with Crippen molar-refractivity contribution in [1.29, 1.82) is 0 Å². The molecule has 27 heavy (non-hydrogen) atoms. The van der Waals surface area contributed by atoms with E-state index in [0.29, 0.717) is 6.42 Å². The van der Waals surface area contributed by atoms with E-state index in [-0.39, 0.29) is 40.6 Å². The summed E-state index contributed by atoms with van der Waals surface area (Å²) in [5.41, 5.74) is 1.09. The van der Waals surface area contributed by atoms with Crippen LogP contribution >= 0.6 is 0 Å². The maximum Gasteiger partial charge on any atom is 0.339 e. The van der Waals surface area contributed by atoms with Crippen LogP contribution in [0.25, 0.3) is 0 Å². The molecule has 0 heterocycles. The number of aryl methyl sites for hydroxylation is 1. The van der Waals surface area contributed by atoms with Gasteiger partial charge in [-0.3, -0.25) is 14.4 Å². The lowest BCUT2D eigenvalue weighted by Crippen LogP contribution is -2.35. The molecule has 0 aromatic heterocycles. The number of carbonyl (C=O) groups is 3. The van der Waals surface area contributed by atoms with E-state index in [1.807, 2.05) is 6.92 Å². The Morgan fingerprint density at radius 2 is 1.48 bits per heavy atom. The minimum Gasteiger partial charge on any atom is -0.379 e. The first-order valence-corrected chi connectivity index (χ1v) is 9.89. The van der Waals surface area contributed by atoms with Crippen LogP contribution in [0.5, 0.6) is 5.75 Å². The summed E-state index contributed by atoms with van der Waals surface area (Å²) < 4.78 is 29.7. The zero-order valence-corrected chi connectivity index (χ0v) is 15.5. The van der Waals surface area contributed by atoms with Crippen LogP contribution < -0.4 is 4.18 Å². The standard InChI is InChI=1S/C20H18O6S/c1-13-5-11-16(12-6-13)27(24,25)26-15-9-7-14(8-10-15)20(23)19-17(21)3-2-4-18(19)22/h5-12,19H,2-4H2,1H3. The van der Waals surface area contributed by atoms with Crippen LogP contribution in [-0.2, 0) is 19.7 Å². The number of carbonyl (C=O) groups excluding carboxylic acids is 3. The molecule has 0 radical (unpaired) electrons. The van der Waals surface area contributed by atoms with Gasteiger partial charge in [0.05, 0.1) is 0 Å². The van der Waals surface area contributed by atoms with Crippen molar-refractivity contribution in [2.24, 2.45) is 5.92 Å². The fraction of sp³-hybridized carbons (Fsp3) is 0.250. The van der Waals surface area contributed by atoms with Gasteiger partial charge in [0.1, 0.15) is 16.6 Å². The Balaban J connectivity index is 1.77. The summed E-state index contributed by atoms with van der Waals surface area (Å²) in [5.74, 6) is -2.50. The molecular formula is C20H18O6S. The Hall–Kier alpha value is -2.80. The number of hydrogen-bond acceptors (Lipinski definition) is 6. The summed E-state index contributed by atoms with van der Waals surface area (Å²) in [6.45, 7) is 1.84. The largest absolute Gasteiger partial charge is 0.379 e. The summed E-state index contributed by atoms with van der Waals surface area (Å²) in [6, 6.07) is 11.6. The fourth-order valence-corrected chi connectivity index (χ4v) is 3.85. The van der Waals surface area contributed by atoms with Crippen molar-refractivity contribution < 1.29 is 27.0 Å². The molecule has 6 nitrogen and oxygen atoms in total. The second-order valence-electron chi connectivity index (χ2n) is 6.46. The molecular weight excluding hydrogens is 368 g/mol. The first-order chi connectivity index (χ1) is 12.8. The van der Waals surface area contributed by atoms with Crippen LogP contribution in [0.1, 0.15) is 35.2 Å². The molecule has 140 valence electrons. The molecule has 0 amide bonds. The van der Waals surface area contributed by atoms with E-state index in [1.54, 1.807) is 12.1 Å². The van der Waals surface area contributed by atoms with E-state index < -0.39 is 21.8 Å². The average Bonchev–Trinajstić information content (AvgIpc) is 2.62. The Morgan fingerprint density at radius 3 is 2.04 bits per heavy atom. The van der Waals surface area contributed by atoms with Crippen molar-refractivity contribution >= 4 is 27.5 Å². The minimum absolute atomic E-state index is 0.0200. The van der Waals surface area contributed by atoms with Gasteiger partial charge in [0.2, 0.25) is 0 Å². The molecule has 1 aliphatic carbocycles. The van der Waals surface area contributed by atoms with Gasteiger partial charge in [-0.2, -0.15) is 8.42 Å². The highest BCUT2D eigenvalue weighted by molar-refractivity contribution is 7.87. The SMILES string of the molecule is Cc1ccc(S(=O)(=O)Oc2ccc(C(=O)C3C(=O)CCCC3=O)cc2)cc1. The second kappa shape index (κ2) is 7.44. The first-order valence-electron chi connectivity index (χ1n) is 8.49. The molecule has 1 fully saturated rings. The molecule has 0 saturated heterocycles. The predicted molar refractivity (Wildman–Crippen MR) is 97.1 cm³/mol. The van der Waals surface area contributed by atoms with Crippen LogP contribution in [-0.4, -0.2) is 25.8 Å². The lowest BCUT2D eigenvalue weighted by Gasteiger charge is -2.18. The molecule has 2 aromatic rings. The number of Topliss-reactive ketones (excluding diaryl/α,β-unsaturated/α-hetero) is 3. The highest BCUT2D eigenvalue weighted by Crippen LogP contribution is 2.24. The molecule has 0 aliphatic heterocycles. The fourth-order valence-electron chi connectivity index (χ4n) is 2.92. The van der Waals surface area contributed by atoms with E-state index in [2.05, 4.69) is 0 Å². The van der Waals surface area contributed by atoms with Gasteiger partial charge in [-0.1, -0.05) is 17.7 Å². The van der Waals surface area contributed by atoms with Crippen molar-refractivity contribution in [3.05, 3.63) is 59.7 Å². The molecule has 0 N–H and O–H groups in total. The third-order valence-corrected chi connectivity index (χ3v) is 5.67. The molecule has 0 unspecified atom stereocenters. The van der Waals surface area contributed by atoms with Gasteiger partial charge in [0.25, 0.3) is 0 Å². The molecule has 1 saturated carbocycles. The molecule has 0 atom stereocenters. The van der Waals surface area contributed by atoms with E-state index in [0.717, 1.165) is 5.56 Å². The van der Waals surface area contributed by atoms with Gasteiger partial charge in [-0.25, -0.2) is 0 Å². The first kappa shape index (κ1) is 19.0. The topological polar surface area (TPSA) is 94.6 Å². The second-order valence-corrected chi connectivity index (χ2v) is 8.00. The average molecular weight is 386 g/mol. The Bertz CT molecular complexity index is 972. The predicted octanol–water partition coefficient (Wildman–Crippen LogP) is 2.88. The van der Waals surface area contributed by atoms with E-state index in [9.17, 15) is 22.8 Å². The Labute approximate surface area is 157 Å². The molecule has 7 heteroatoms. The van der Waals surface area contributed by atoms with Gasteiger partial charge in [-0.15, -0.1) is 0 Å². The van der Waals surface area contributed by atoms with Crippen LogP contribution in [0.3, 0.4) is 0 Å². The van der Waals surface area contributed by atoms with Crippen molar-refractivity contribution in [2.45, 2.75) is 31.1 Å². The van der Waals surface area contributed by atoms with Crippen molar-refractivity contribution in [3.8, 4) is 5.75 Å². The van der Waals surface area contributed by atoms with Crippen molar-refractivity contribution in [2.75, 3.05) is 0 Å². The third-order valence-electron chi connectivity index (χ3n) is 4.41. The van der Waals surface area contributed by atoms with E-state index in [4.69, 9.17) is 4.18 Å². The van der Waals surface area contributed by atoms with Crippen LogP contribution in [0.15, 0.2) is 53.4 Å². The molecule has 0 bridgehead atoms. The van der Waals surface area contributed by atoms with E-state index >= 15 is 0 Å². The third kappa shape index (κ3) is 4.14. The molecule has 0 spiro atoms. The Kier molecular flexibility index (Phi) is 5.23. The maximum absolute atomic E-state index is 12.5. The highest BCUT2D eigenvalue weighted by Gasteiger charge is 2.36. The monoisotopic (exact) mass is 386 g/mol. The summed E-state index contributed by atoms with van der Waals surface area (Å²) in [5, 5.41) is 0. The van der Waals surface area contributed by atoms with Crippen molar-refractivity contribution in [1.82, 2.24) is 0 Å². The Morgan fingerprint density at radius 1 is 0.926 bits per heavy atom. The van der Waals surface area contributed by atoms with Gasteiger partial charge in [0.15, 0.2) is 17.3 Å². The van der Waals surface area contributed by atoms with Gasteiger partial charge in [-0.05, 0) is 49.7 Å². The quantitative estimate of drug-likeness (QED) is 0.445. The lowest BCUT2D eigenvalue weighted by atomic mass is 9.82. The number of benzene rings is 2. The van der Waals surface area contributed by atoms with Crippen LogP contribution in [0.4, 0.5) is 0 Å². The summed E-state index contributed by atoms with van der Waals surface area (Å²) in [6.07, 6.45) is 0.918. The van der Waals surface area contributed by atoms with Gasteiger partial charge in [0, 0.05) is 18.4 Å². The lowest BCUT2D eigenvalue weighted by molar-refractivity contribution is -0.133. The zero-order chi connectivity index (χ0) is 19.6. The minimum atomic E-state index is -3.99. The molecule has 1 aliphatic rings. The number of hydrogen-bond donors (Lipinski definition) is 0. The smallest absolute Gasteiger partial charge is 0.339 e. The number of rotatable bonds is 5. The van der Waals surface area contributed by atoms with Gasteiger partial charge >= 0.3 is 10.1 Å². The number of ketones is 3. The van der Waals surface area contributed by atoms with E-state index in [1.165, 1.54) is 36.4 Å². The summed E-state index contributed by atoms with van der Waals surface area (Å²) in [7, 11) is -3.99. The van der Waals surface area contributed by atoms with Gasteiger partial charge < -0.3 is 4.18 Å². The van der Waals surface area contributed by atoms with Crippen molar-refractivity contribution in [3.63, 3.8) is 0 Å². The molecule has 2 aromatic carbocycles. The summed E-state index contributed by atoms with van der Waals surface area (Å²) in [4.78, 5) is 36.3. The zero-order valence-electron chi connectivity index (χ0n) is 14.7. The highest BCUT2D eigenvalue weighted by atomic mass is 32.2. The summed E-state index contributed by atoms with van der Waals surface area (Å²) >= 11 is 0. The maximum atomic E-state index is 12.5. The normalized spacial score (nSPS) is 15.6. The van der Waals surface area contributed by atoms with Crippen LogP contribution in [0, 0.1) is 12.8 Å².